The molecule has 12 heteroatoms. The Labute approximate surface area is 164 Å². The molecule has 0 fully saturated rings. The summed E-state index contributed by atoms with van der Waals surface area (Å²) in [5, 5.41) is 23.4. The topological polar surface area (TPSA) is 141 Å². The van der Waals surface area contributed by atoms with Crippen LogP contribution in [0.4, 0.5) is 5.69 Å². The van der Waals surface area contributed by atoms with Crippen molar-refractivity contribution in [1.82, 2.24) is 25.1 Å². The van der Waals surface area contributed by atoms with Crippen LogP contribution in [0.3, 0.4) is 0 Å². The number of amides is 1. The molecule has 12 nitrogen and oxygen atoms in total. The first-order chi connectivity index (χ1) is 14.1. The van der Waals surface area contributed by atoms with E-state index in [1.807, 2.05) is 0 Å². The Kier molecular flexibility index (Phi) is 4.99. The number of anilines is 1. The minimum Gasteiger partial charge on any atom is -0.486 e. The first kappa shape index (κ1) is 18.7. The lowest BCUT2D eigenvalue weighted by Gasteiger charge is -2.22. The fourth-order valence-electron chi connectivity index (χ4n) is 3.12. The van der Waals surface area contributed by atoms with Crippen LogP contribution in [0, 0.1) is 0 Å². The van der Waals surface area contributed by atoms with Crippen molar-refractivity contribution in [3.05, 3.63) is 29.7 Å². The minimum atomic E-state index is -0.636. The van der Waals surface area contributed by atoms with E-state index in [9.17, 15) is 14.7 Å². The molecule has 1 amide bonds. The molecule has 29 heavy (non-hydrogen) atoms. The summed E-state index contributed by atoms with van der Waals surface area (Å²) in [6.07, 6.45) is 1.39. The van der Waals surface area contributed by atoms with Crippen molar-refractivity contribution in [2.24, 2.45) is 0 Å². The second-order valence-corrected chi connectivity index (χ2v) is 6.19. The maximum Gasteiger partial charge on any atom is 0.337 e. The highest BCUT2D eigenvalue weighted by atomic mass is 16.6. The zero-order valence-corrected chi connectivity index (χ0v) is 15.5. The third-order valence-corrected chi connectivity index (χ3v) is 4.47. The second-order valence-electron chi connectivity index (χ2n) is 6.19. The van der Waals surface area contributed by atoms with Gasteiger partial charge in [-0.3, -0.25) is 4.79 Å². The molecule has 0 saturated heterocycles. The van der Waals surface area contributed by atoms with Gasteiger partial charge < -0.3 is 29.5 Å². The molecule has 0 aliphatic carbocycles. The summed E-state index contributed by atoms with van der Waals surface area (Å²) >= 11 is 0. The predicted octanol–water partition coefficient (Wildman–Crippen LogP) is -0.893. The van der Waals surface area contributed by atoms with Gasteiger partial charge in [-0.2, -0.15) is 4.68 Å². The van der Waals surface area contributed by atoms with Crippen molar-refractivity contribution in [1.29, 1.82) is 0 Å². The van der Waals surface area contributed by atoms with Crippen molar-refractivity contribution in [2.45, 2.75) is 0 Å². The van der Waals surface area contributed by atoms with Gasteiger partial charge in [-0.1, -0.05) is 0 Å². The smallest absolute Gasteiger partial charge is 0.337 e. The zero-order valence-electron chi connectivity index (χ0n) is 15.5. The van der Waals surface area contributed by atoms with E-state index in [1.165, 1.54) is 23.0 Å². The van der Waals surface area contributed by atoms with Crippen molar-refractivity contribution in [3.63, 3.8) is 0 Å². The number of nitrogens with zero attached hydrogens (tertiary/aromatic N) is 5. The van der Waals surface area contributed by atoms with Crippen LogP contribution in [0.15, 0.2) is 29.7 Å². The van der Waals surface area contributed by atoms with Gasteiger partial charge in [0.05, 0.1) is 37.2 Å². The van der Waals surface area contributed by atoms with E-state index < -0.39 is 11.9 Å². The highest BCUT2D eigenvalue weighted by molar-refractivity contribution is 6.08. The Morgan fingerprint density at radius 1 is 1.31 bits per heavy atom. The molecular weight excluding hydrogens is 384 g/mol. The monoisotopic (exact) mass is 402 g/mol. The number of β-amino-alcohol motifs (C(OH)–C–C–N with tert-alkyl or cyclic N) is 1. The summed E-state index contributed by atoms with van der Waals surface area (Å²) in [6.45, 7) is 0.676. The molecule has 1 aromatic heterocycles. The van der Waals surface area contributed by atoms with Crippen molar-refractivity contribution < 1.29 is 28.9 Å². The van der Waals surface area contributed by atoms with Crippen molar-refractivity contribution >= 4 is 17.6 Å². The van der Waals surface area contributed by atoms with Crippen molar-refractivity contribution in [3.8, 4) is 17.2 Å². The maximum atomic E-state index is 12.8. The predicted molar refractivity (Wildman–Crippen MR) is 96.5 cm³/mol. The molecule has 3 heterocycles. The number of esters is 1. The van der Waals surface area contributed by atoms with Crippen LogP contribution in [0.25, 0.3) is 5.69 Å². The summed E-state index contributed by atoms with van der Waals surface area (Å²) in [5.74, 6) is -0.0811. The van der Waals surface area contributed by atoms with Gasteiger partial charge in [-0.05, 0) is 10.4 Å². The minimum absolute atomic E-state index is 0.0270. The lowest BCUT2D eigenvalue weighted by Crippen LogP contribution is -2.31. The average Bonchev–Trinajstić information content (AvgIpc) is 3.37. The number of fused-ring (bicyclic) bond motifs is 1. The van der Waals surface area contributed by atoms with Crippen LogP contribution in [-0.4, -0.2) is 82.1 Å². The van der Waals surface area contributed by atoms with E-state index >= 15 is 0 Å². The van der Waals surface area contributed by atoms with Gasteiger partial charge >= 0.3 is 5.97 Å². The summed E-state index contributed by atoms with van der Waals surface area (Å²) < 4.78 is 17.4. The first-order valence-electron chi connectivity index (χ1n) is 8.78. The van der Waals surface area contributed by atoms with Crippen LogP contribution < -0.4 is 14.8 Å². The van der Waals surface area contributed by atoms with Gasteiger partial charge in [0, 0.05) is 18.7 Å². The third-order valence-electron chi connectivity index (χ3n) is 4.47. The van der Waals surface area contributed by atoms with Crippen LogP contribution in [-0.2, 0) is 14.3 Å². The average molecular weight is 402 g/mol. The number of hydrogen-bond donors (Lipinski definition) is 2. The Hall–Kier alpha value is -3.67. The SMILES string of the molecule is COC(=O)C1=C(Nc2cc3c(cc2-n2cnnn2)OCCO3)C(=O)N(CCO)C1. The van der Waals surface area contributed by atoms with Gasteiger partial charge in [0.2, 0.25) is 0 Å². The van der Waals surface area contributed by atoms with Gasteiger partial charge in [0.15, 0.2) is 11.5 Å². The summed E-state index contributed by atoms with van der Waals surface area (Å²) in [5.41, 5.74) is 1.13. The molecule has 4 rings (SSSR count). The first-order valence-corrected chi connectivity index (χ1v) is 8.78. The van der Waals surface area contributed by atoms with E-state index in [1.54, 1.807) is 12.1 Å². The highest BCUT2D eigenvalue weighted by Gasteiger charge is 2.35. The van der Waals surface area contributed by atoms with E-state index in [0.717, 1.165) is 0 Å². The number of methoxy groups -OCH3 is 1. The maximum absolute atomic E-state index is 12.8. The molecule has 2 N–H and O–H groups in total. The normalized spacial score (nSPS) is 15.7. The van der Waals surface area contributed by atoms with Crippen molar-refractivity contribution in [2.75, 3.05) is 45.3 Å². The van der Waals surface area contributed by atoms with Gasteiger partial charge in [-0.15, -0.1) is 5.10 Å². The number of aliphatic hydroxyl groups is 1. The summed E-state index contributed by atoms with van der Waals surface area (Å²) in [4.78, 5) is 26.4. The molecule has 2 aromatic rings. The molecule has 0 saturated carbocycles. The van der Waals surface area contributed by atoms with Crippen LogP contribution in [0.1, 0.15) is 0 Å². The zero-order chi connectivity index (χ0) is 20.4. The Bertz CT molecular complexity index is 973. The van der Waals surface area contributed by atoms with E-state index in [2.05, 4.69) is 20.8 Å². The Balaban J connectivity index is 1.77. The standard InChI is InChI=1S/C17H18N6O6/c1-27-17(26)10-8-22(2-3-24)16(25)15(10)19-11-6-13-14(29-5-4-28-13)7-12(11)23-9-18-20-21-23/h6-7,9,19,24H,2-5,8H2,1H3. The molecule has 0 bridgehead atoms. The Morgan fingerprint density at radius 2 is 2.07 bits per heavy atom. The number of aliphatic hydroxyl groups excluding tert-OH is 1. The molecule has 0 spiro atoms. The molecule has 2 aliphatic heterocycles. The number of rotatable bonds is 6. The summed E-state index contributed by atoms with van der Waals surface area (Å²) in [6, 6.07) is 3.33. The molecule has 1 aromatic carbocycles. The number of carbonyl (C=O) groups is 2. The van der Waals surface area contributed by atoms with Crippen LogP contribution in [0.2, 0.25) is 0 Å². The largest absolute Gasteiger partial charge is 0.486 e. The molecule has 152 valence electrons. The van der Waals surface area contributed by atoms with Gasteiger partial charge in [0.1, 0.15) is 25.2 Å². The van der Waals surface area contributed by atoms with Crippen LogP contribution >= 0.6 is 0 Å². The van der Waals surface area contributed by atoms with E-state index in [4.69, 9.17) is 14.2 Å². The fraction of sp³-hybridized carbons (Fsp3) is 0.353. The Morgan fingerprint density at radius 3 is 2.72 bits per heavy atom. The molecule has 0 atom stereocenters. The molecular formula is C17H18N6O6. The second kappa shape index (κ2) is 7.75. The molecule has 2 aliphatic rings. The van der Waals surface area contributed by atoms with Gasteiger partial charge in [-0.25, -0.2) is 4.79 Å². The summed E-state index contributed by atoms with van der Waals surface area (Å²) in [7, 11) is 1.24. The number of nitrogens with one attached hydrogen (secondary N) is 1. The molecule has 0 radical (unpaired) electrons. The number of carbonyl (C=O) groups excluding carboxylic acids is 2. The van der Waals surface area contributed by atoms with Crippen LogP contribution in [0.5, 0.6) is 11.5 Å². The molecule has 0 unspecified atom stereocenters. The lowest BCUT2D eigenvalue weighted by atomic mass is 10.2. The third kappa shape index (κ3) is 3.45. The van der Waals surface area contributed by atoms with E-state index in [0.29, 0.717) is 36.1 Å². The number of tetrazole rings is 1. The highest BCUT2D eigenvalue weighted by Crippen LogP contribution is 2.38. The van der Waals surface area contributed by atoms with E-state index in [-0.39, 0.29) is 31.0 Å². The number of hydrogen-bond acceptors (Lipinski definition) is 10. The lowest BCUT2D eigenvalue weighted by molar-refractivity contribution is -0.136. The number of aromatic nitrogens is 4. The fourth-order valence-corrected chi connectivity index (χ4v) is 3.12. The quantitative estimate of drug-likeness (QED) is 0.584. The van der Waals surface area contributed by atoms with Gasteiger partial charge in [0.25, 0.3) is 5.91 Å². The number of ether oxygens (including phenoxy) is 3. The number of benzene rings is 1.